The van der Waals surface area contributed by atoms with Gasteiger partial charge in [0, 0.05) is 13.2 Å². The molecule has 0 aliphatic carbocycles. The van der Waals surface area contributed by atoms with Crippen LogP contribution in [-0.2, 0) is 9.47 Å². The molecule has 6 heteroatoms. The third-order valence-electron chi connectivity index (χ3n) is 3.36. The number of hydrogen-bond donors (Lipinski definition) is 2. The molecule has 0 saturated heterocycles. The van der Waals surface area contributed by atoms with Crippen LogP contribution in [0.3, 0.4) is 0 Å². The highest BCUT2D eigenvalue weighted by Crippen LogP contribution is 2.28. The molecule has 2 atom stereocenters. The Labute approximate surface area is 144 Å². The molecule has 0 aliphatic heterocycles. The fourth-order valence-electron chi connectivity index (χ4n) is 2.05. The van der Waals surface area contributed by atoms with Crippen molar-refractivity contribution >= 4 is 0 Å². The van der Waals surface area contributed by atoms with Crippen molar-refractivity contribution in [3.05, 3.63) is 23.3 Å². The van der Waals surface area contributed by atoms with E-state index in [0.29, 0.717) is 24.7 Å². The number of hydrogen-bond acceptors (Lipinski definition) is 6. The number of benzene rings is 1. The molecule has 0 fully saturated rings. The molecule has 0 amide bonds. The Morgan fingerprint density at radius 1 is 0.750 bits per heavy atom. The third-order valence-corrected chi connectivity index (χ3v) is 3.36. The summed E-state index contributed by atoms with van der Waals surface area (Å²) < 4.78 is 21.6. The van der Waals surface area contributed by atoms with Gasteiger partial charge in [-0.25, -0.2) is 0 Å². The largest absolute Gasteiger partial charge is 0.491 e. The summed E-state index contributed by atoms with van der Waals surface area (Å²) in [5, 5.41) is 19.5. The molecule has 0 heterocycles. The minimum absolute atomic E-state index is 0.174. The van der Waals surface area contributed by atoms with Crippen molar-refractivity contribution in [1.82, 2.24) is 0 Å². The molecule has 1 aromatic rings. The summed E-state index contributed by atoms with van der Waals surface area (Å²) >= 11 is 0. The van der Waals surface area contributed by atoms with Gasteiger partial charge in [-0.1, -0.05) is 0 Å². The van der Waals surface area contributed by atoms with Crippen LogP contribution in [0, 0.1) is 13.8 Å². The first-order chi connectivity index (χ1) is 11.5. The van der Waals surface area contributed by atoms with E-state index in [4.69, 9.17) is 18.9 Å². The molecule has 0 aromatic heterocycles. The monoisotopic (exact) mass is 342 g/mol. The van der Waals surface area contributed by atoms with Gasteiger partial charge in [-0.3, -0.25) is 0 Å². The predicted molar refractivity (Wildman–Crippen MR) is 91.9 cm³/mol. The van der Waals surface area contributed by atoms with E-state index >= 15 is 0 Å². The summed E-state index contributed by atoms with van der Waals surface area (Å²) in [6, 6.07) is 3.74. The van der Waals surface area contributed by atoms with E-state index in [0.717, 1.165) is 11.1 Å². The van der Waals surface area contributed by atoms with Crippen LogP contribution in [0.25, 0.3) is 0 Å². The van der Waals surface area contributed by atoms with E-state index in [9.17, 15) is 10.2 Å². The first kappa shape index (κ1) is 20.7. The Balaban J connectivity index is 2.55. The van der Waals surface area contributed by atoms with Gasteiger partial charge in [-0.15, -0.1) is 0 Å². The topological polar surface area (TPSA) is 77.4 Å². The molecule has 1 aromatic carbocycles. The molecule has 0 radical (unpaired) electrons. The Morgan fingerprint density at radius 2 is 1.12 bits per heavy atom. The zero-order chi connectivity index (χ0) is 17.9. The number of rotatable bonds is 12. The number of ether oxygens (including phenoxy) is 4. The average Bonchev–Trinajstić information content (AvgIpc) is 2.57. The highest BCUT2D eigenvalue weighted by atomic mass is 16.5. The molecule has 2 N–H and O–H groups in total. The van der Waals surface area contributed by atoms with Crippen molar-refractivity contribution in [2.24, 2.45) is 0 Å². The summed E-state index contributed by atoms with van der Waals surface area (Å²) in [5.74, 6) is 1.40. The number of aliphatic hydroxyl groups is 2. The van der Waals surface area contributed by atoms with E-state index in [-0.39, 0.29) is 26.4 Å². The lowest BCUT2D eigenvalue weighted by Crippen LogP contribution is -2.24. The van der Waals surface area contributed by atoms with Crippen LogP contribution in [0.5, 0.6) is 11.5 Å². The summed E-state index contributed by atoms with van der Waals surface area (Å²) in [6.07, 6.45) is -1.32. The Morgan fingerprint density at radius 3 is 1.46 bits per heavy atom. The van der Waals surface area contributed by atoms with Gasteiger partial charge in [0.15, 0.2) is 0 Å². The molecule has 138 valence electrons. The third kappa shape index (κ3) is 7.49. The SMILES string of the molecule is CCOCC(O)COc1cc(C)c(OCC(O)COCC)cc1C. The molecule has 1 rings (SSSR count). The molecule has 0 aliphatic rings. The number of aryl methyl sites for hydroxylation is 2. The molecular weight excluding hydrogens is 312 g/mol. The van der Waals surface area contributed by atoms with Crippen LogP contribution < -0.4 is 9.47 Å². The van der Waals surface area contributed by atoms with Gasteiger partial charge in [0.2, 0.25) is 0 Å². The van der Waals surface area contributed by atoms with Gasteiger partial charge >= 0.3 is 0 Å². The van der Waals surface area contributed by atoms with Gasteiger partial charge in [-0.2, -0.15) is 0 Å². The fourth-order valence-corrected chi connectivity index (χ4v) is 2.05. The lowest BCUT2D eigenvalue weighted by atomic mass is 10.1. The van der Waals surface area contributed by atoms with Crippen LogP contribution in [0.15, 0.2) is 12.1 Å². The molecule has 2 unspecified atom stereocenters. The van der Waals surface area contributed by atoms with Crippen molar-refractivity contribution in [2.45, 2.75) is 39.9 Å². The van der Waals surface area contributed by atoms with Gasteiger partial charge in [-0.05, 0) is 51.0 Å². The highest BCUT2D eigenvalue weighted by Gasteiger charge is 2.11. The lowest BCUT2D eigenvalue weighted by Gasteiger charge is -2.17. The van der Waals surface area contributed by atoms with Gasteiger partial charge < -0.3 is 29.2 Å². The van der Waals surface area contributed by atoms with Crippen LogP contribution in [0.1, 0.15) is 25.0 Å². The summed E-state index contributed by atoms with van der Waals surface area (Å²) in [6.45, 7) is 9.57. The summed E-state index contributed by atoms with van der Waals surface area (Å²) in [4.78, 5) is 0. The van der Waals surface area contributed by atoms with E-state index in [1.54, 1.807) is 0 Å². The second-order valence-corrected chi connectivity index (χ2v) is 5.63. The molecular formula is C18H30O6. The first-order valence-corrected chi connectivity index (χ1v) is 8.36. The van der Waals surface area contributed by atoms with Crippen LogP contribution in [0.4, 0.5) is 0 Å². The van der Waals surface area contributed by atoms with Crippen molar-refractivity contribution in [2.75, 3.05) is 39.6 Å². The van der Waals surface area contributed by atoms with Crippen molar-refractivity contribution < 1.29 is 29.2 Å². The maximum absolute atomic E-state index is 9.76. The predicted octanol–water partition coefficient (Wildman–Crippen LogP) is 1.86. The Hall–Kier alpha value is -1.34. The van der Waals surface area contributed by atoms with E-state index < -0.39 is 12.2 Å². The quantitative estimate of drug-likeness (QED) is 0.604. The van der Waals surface area contributed by atoms with Crippen molar-refractivity contribution in [3.63, 3.8) is 0 Å². The summed E-state index contributed by atoms with van der Waals surface area (Å²) in [5.41, 5.74) is 1.80. The highest BCUT2D eigenvalue weighted by molar-refractivity contribution is 5.45. The van der Waals surface area contributed by atoms with E-state index in [2.05, 4.69) is 0 Å². The normalized spacial score (nSPS) is 13.6. The van der Waals surface area contributed by atoms with Crippen LogP contribution in [-0.4, -0.2) is 62.1 Å². The van der Waals surface area contributed by atoms with E-state index in [1.807, 2.05) is 39.8 Å². The number of aliphatic hydroxyl groups excluding tert-OH is 2. The second-order valence-electron chi connectivity index (χ2n) is 5.63. The fraction of sp³-hybridized carbons (Fsp3) is 0.667. The molecule has 0 spiro atoms. The Bertz CT molecular complexity index is 433. The maximum Gasteiger partial charge on any atom is 0.122 e. The lowest BCUT2D eigenvalue weighted by molar-refractivity contribution is 0.0155. The minimum atomic E-state index is -0.658. The minimum Gasteiger partial charge on any atom is -0.491 e. The molecule has 0 bridgehead atoms. The maximum atomic E-state index is 9.76. The Kier molecular flexibility index (Phi) is 9.71. The smallest absolute Gasteiger partial charge is 0.122 e. The zero-order valence-corrected chi connectivity index (χ0v) is 15.1. The van der Waals surface area contributed by atoms with Gasteiger partial charge in [0.1, 0.15) is 36.9 Å². The van der Waals surface area contributed by atoms with Gasteiger partial charge in [0.05, 0.1) is 13.2 Å². The van der Waals surface area contributed by atoms with Crippen LogP contribution >= 0.6 is 0 Å². The van der Waals surface area contributed by atoms with Gasteiger partial charge in [0.25, 0.3) is 0 Å². The van der Waals surface area contributed by atoms with Crippen molar-refractivity contribution in [3.8, 4) is 11.5 Å². The van der Waals surface area contributed by atoms with Crippen LogP contribution in [0.2, 0.25) is 0 Å². The first-order valence-electron chi connectivity index (χ1n) is 8.36. The second kappa shape index (κ2) is 11.3. The summed E-state index contributed by atoms with van der Waals surface area (Å²) in [7, 11) is 0. The van der Waals surface area contributed by atoms with Crippen molar-refractivity contribution in [1.29, 1.82) is 0 Å². The average molecular weight is 342 g/mol. The molecule has 24 heavy (non-hydrogen) atoms. The van der Waals surface area contributed by atoms with E-state index in [1.165, 1.54) is 0 Å². The standard InChI is InChI=1S/C18H30O6/c1-5-21-9-15(19)11-23-17-7-14(4)18(8-13(17)3)24-12-16(20)10-22-6-2/h7-8,15-16,19-20H,5-6,9-12H2,1-4H3. The zero-order valence-electron chi connectivity index (χ0n) is 15.1. The molecule has 6 nitrogen and oxygen atoms in total. The molecule has 0 saturated carbocycles.